The van der Waals surface area contributed by atoms with Crippen molar-refractivity contribution in [3.8, 4) is 11.5 Å². The van der Waals surface area contributed by atoms with Crippen LogP contribution in [0.15, 0.2) is 90.7 Å². The molecule has 1 aromatic heterocycles. The number of fused-ring (bicyclic) bond motifs is 1. The largest absolute Gasteiger partial charge is 0.497 e. The molecule has 42 heavy (non-hydrogen) atoms. The van der Waals surface area contributed by atoms with Crippen molar-refractivity contribution in [3.63, 3.8) is 0 Å². The van der Waals surface area contributed by atoms with Crippen molar-refractivity contribution in [1.82, 2.24) is 4.57 Å². The number of carbonyl (C=O) groups is 1. The molecule has 1 aliphatic heterocycles. The Balaban J connectivity index is 1.54. The molecular weight excluding hydrogens is 691 g/mol. The summed E-state index contributed by atoms with van der Waals surface area (Å²) in [5.41, 5.74) is 2.83. The molecular formula is C31H25Br2FN2O5S. The van der Waals surface area contributed by atoms with E-state index < -0.39 is 12.0 Å². The lowest BCUT2D eigenvalue weighted by Crippen LogP contribution is -2.39. The zero-order valence-electron chi connectivity index (χ0n) is 22.8. The Kier molecular flexibility index (Phi) is 9.10. The maximum Gasteiger partial charge on any atom is 0.338 e. The van der Waals surface area contributed by atoms with Crippen LogP contribution in [-0.4, -0.2) is 24.3 Å². The quantitative estimate of drug-likeness (QED) is 0.208. The predicted molar refractivity (Wildman–Crippen MR) is 166 cm³/mol. The highest BCUT2D eigenvalue weighted by Gasteiger charge is 2.33. The number of thiazole rings is 1. The van der Waals surface area contributed by atoms with Gasteiger partial charge in [0.1, 0.15) is 23.9 Å². The fourth-order valence-electron chi connectivity index (χ4n) is 4.58. The zero-order chi connectivity index (χ0) is 30.0. The van der Waals surface area contributed by atoms with Gasteiger partial charge < -0.3 is 14.2 Å². The second kappa shape index (κ2) is 12.8. The van der Waals surface area contributed by atoms with Crippen LogP contribution in [0.5, 0.6) is 11.5 Å². The van der Waals surface area contributed by atoms with E-state index in [4.69, 9.17) is 14.2 Å². The minimum Gasteiger partial charge on any atom is -0.497 e. The summed E-state index contributed by atoms with van der Waals surface area (Å²) in [6, 6.07) is 16.3. The second-order valence-electron chi connectivity index (χ2n) is 9.30. The summed E-state index contributed by atoms with van der Waals surface area (Å²) >= 11 is 8.38. The summed E-state index contributed by atoms with van der Waals surface area (Å²) in [5.74, 6) is 0.411. The van der Waals surface area contributed by atoms with Gasteiger partial charge in [-0.15, -0.1) is 0 Å². The van der Waals surface area contributed by atoms with Gasteiger partial charge in [0.2, 0.25) is 0 Å². The van der Waals surface area contributed by atoms with Gasteiger partial charge >= 0.3 is 5.97 Å². The van der Waals surface area contributed by atoms with Crippen LogP contribution < -0.4 is 24.4 Å². The van der Waals surface area contributed by atoms with E-state index in [1.807, 2.05) is 24.3 Å². The highest BCUT2D eigenvalue weighted by Crippen LogP contribution is 2.36. The first-order chi connectivity index (χ1) is 20.2. The number of hydrogen-bond acceptors (Lipinski definition) is 7. The SMILES string of the molecule is CCOC(=O)C1=C(C)N=c2sc(=Cc3cc(Br)c(OCc4ccc(F)cc4)c(Br)c3)c(=O)n2[C@@H]1c1ccc(OC)cc1. The van der Waals surface area contributed by atoms with Gasteiger partial charge in [-0.25, -0.2) is 14.2 Å². The van der Waals surface area contributed by atoms with Crippen molar-refractivity contribution < 1.29 is 23.4 Å². The molecule has 0 N–H and O–H groups in total. The Morgan fingerprint density at radius 2 is 1.76 bits per heavy atom. The first-order valence-electron chi connectivity index (χ1n) is 12.9. The Labute approximate surface area is 261 Å². The van der Waals surface area contributed by atoms with E-state index in [2.05, 4.69) is 36.9 Å². The van der Waals surface area contributed by atoms with E-state index in [1.54, 1.807) is 55.9 Å². The number of allylic oxidation sites excluding steroid dienone is 1. The van der Waals surface area contributed by atoms with E-state index in [1.165, 1.54) is 23.5 Å². The van der Waals surface area contributed by atoms with Crippen LogP contribution in [0.1, 0.15) is 36.6 Å². The van der Waals surface area contributed by atoms with Crippen LogP contribution in [0.2, 0.25) is 0 Å². The number of aromatic nitrogens is 1. The number of halogens is 3. The smallest absolute Gasteiger partial charge is 0.338 e. The summed E-state index contributed by atoms with van der Waals surface area (Å²) in [7, 11) is 1.58. The molecule has 0 fully saturated rings. The third-order valence-electron chi connectivity index (χ3n) is 6.56. The number of nitrogens with zero attached hydrogens (tertiary/aromatic N) is 2. The Bertz CT molecular complexity index is 1840. The Morgan fingerprint density at radius 3 is 2.38 bits per heavy atom. The van der Waals surface area contributed by atoms with Gasteiger partial charge in [-0.05, 0) is 105 Å². The first-order valence-corrected chi connectivity index (χ1v) is 15.3. The van der Waals surface area contributed by atoms with Gasteiger partial charge in [0.05, 0.1) is 44.5 Å². The van der Waals surface area contributed by atoms with Crippen molar-refractivity contribution >= 4 is 55.2 Å². The average molecular weight is 716 g/mol. The van der Waals surface area contributed by atoms with Crippen molar-refractivity contribution in [1.29, 1.82) is 0 Å². The lowest BCUT2D eigenvalue weighted by atomic mass is 9.96. The first kappa shape index (κ1) is 29.9. The molecule has 0 aliphatic carbocycles. The van der Waals surface area contributed by atoms with Crippen molar-refractivity contribution in [3.05, 3.63) is 123 Å². The molecule has 0 saturated heterocycles. The number of carbonyl (C=O) groups excluding carboxylic acids is 1. The topological polar surface area (TPSA) is 79.1 Å². The number of methoxy groups -OCH3 is 1. The van der Waals surface area contributed by atoms with Crippen molar-refractivity contribution in [2.75, 3.05) is 13.7 Å². The third-order valence-corrected chi connectivity index (χ3v) is 8.72. The molecule has 1 atom stereocenters. The van der Waals surface area contributed by atoms with Crippen LogP contribution in [0.25, 0.3) is 6.08 Å². The van der Waals surface area contributed by atoms with Crippen molar-refractivity contribution in [2.45, 2.75) is 26.5 Å². The van der Waals surface area contributed by atoms with E-state index in [-0.39, 0.29) is 24.6 Å². The molecule has 0 unspecified atom stereocenters. The lowest BCUT2D eigenvalue weighted by molar-refractivity contribution is -0.139. The molecule has 0 bridgehead atoms. The molecule has 7 nitrogen and oxygen atoms in total. The normalized spacial score (nSPS) is 14.8. The fourth-order valence-corrected chi connectivity index (χ4v) is 7.08. The molecule has 11 heteroatoms. The maximum atomic E-state index is 13.9. The third kappa shape index (κ3) is 6.13. The molecule has 4 aromatic rings. The molecule has 0 saturated carbocycles. The van der Waals surface area contributed by atoms with E-state index in [0.717, 1.165) is 16.7 Å². The molecule has 216 valence electrons. The second-order valence-corrected chi connectivity index (χ2v) is 12.0. The fraction of sp³-hybridized carbons (Fsp3) is 0.194. The van der Waals surface area contributed by atoms with Gasteiger partial charge in [-0.3, -0.25) is 9.36 Å². The lowest BCUT2D eigenvalue weighted by Gasteiger charge is -2.24. The van der Waals surface area contributed by atoms with E-state index in [0.29, 0.717) is 41.0 Å². The molecule has 0 radical (unpaired) electrons. The Hall–Kier alpha value is -3.54. The monoisotopic (exact) mass is 714 g/mol. The molecule has 5 rings (SSSR count). The highest BCUT2D eigenvalue weighted by atomic mass is 79.9. The summed E-state index contributed by atoms with van der Waals surface area (Å²) in [6.45, 7) is 3.94. The molecule has 3 aromatic carbocycles. The predicted octanol–water partition coefficient (Wildman–Crippen LogP) is 6.05. The van der Waals surface area contributed by atoms with Gasteiger partial charge in [0.15, 0.2) is 4.80 Å². The number of hydrogen-bond donors (Lipinski definition) is 0. The minimum atomic E-state index is -0.714. The highest BCUT2D eigenvalue weighted by molar-refractivity contribution is 9.11. The van der Waals surface area contributed by atoms with Crippen LogP contribution in [0, 0.1) is 5.82 Å². The van der Waals surface area contributed by atoms with Crippen LogP contribution in [-0.2, 0) is 16.1 Å². The van der Waals surface area contributed by atoms with Gasteiger partial charge in [0, 0.05) is 0 Å². The van der Waals surface area contributed by atoms with Crippen LogP contribution in [0.3, 0.4) is 0 Å². The summed E-state index contributed by atoms with van der Waals surface area (Å²) < 4.78 is 33.2. The number of benzene rings is 3. The molecule has 0 spiro atoms. The molecule has 2 heterocycles. The van der Waals surface area contributed by atoms with Gasteiger partial charge in [-0.2, -0.15) is 0 Å². The van der Waals surface area contributed by atoms with E-state index in [9.17, 15) is 14.0 Å². The van der Waals surface area contributed by atoms with Crippen molar-refractivity contribution in [2.24, 2.45) is 4.99 Å². The Morgan fingerprint density at radius 1 is 1.10 bits per heavy atom. The zero-order valence-corrected chi connectivity index (χ0v) is 26.8. The average Bonchev–Trinajstić information content (AvgIpc) is 3.26. The standard InChI is InChI=1S/C31H25Br2FN2O5S/c1-4-40-30(38)26-17(2)35-31-36(27(26)20-7-11-22(39-3)12-8-20)29(37)25(42-31)15-19-13-23(32)28(24(33)14-19)41-16-18-5-9-21(34)10-6-18/h5-15,27H,4,16H2,1-3H3/t27-/m1/s1. The van der Waals surface area contributed by atoms with Crippen LogP contribution >= 0.6 is 43.2 Å². The number of esters is 1. The minimum absolute atomic E-state index is 0.197. The van der Waals surface area contributed by atoms with Crippen LogP contribution in [0.4, 0.5) is 4.39 Å². The molecule has 1 aliphatic rings. The maximum absolute atomic E-state index is 13.9. The van der Waals surface area contributed by atoms with Gasteiger partial charge in [0.25, 0.3) is 5.56 Å². The summed E-state index contributed by atoms with van der Waals surface area (Å²) in [6.07, 6.45) is 1.78. The summed E-state index contributed by atoms with van der Waals surface area (Å²) in [5, 5.41) is 0. The molecule has 0 amide bonds. The number of rotatable bonds is 8. The van der Waals surface area contributed by atoms with E-state index >= 15 is 0 Å². The summed E-state index contributed by atoms with van der Waals surface area (Å²) in [4.78, 5) is 32.1. The van der Waals surface area contributed by atoms with Gasteiger partial charge in [-0.1, -0.05) is 35.6 Å². The number of ether oxygens (including phenoxy) is 3.